The van der Waals surface area contributed by atoms with Crippen LogP contribution in [0.3, 0.4) is 0 Å². The van der Waals surface area contributed by atoms with E-state index in [4.69, 9.17) is 15.1 Å². The van der Waals surface area contributed by atoms with Gasteiger partial charge in [-0.05, 0) is 45.4 Å². The van der Waals surface area contributed by atoms with Crippen LogP contribution in [0.25, 0.3) is 5.65 Å². The van der Waals surface area contributed by atoms with Crippen molar-refractivity contribution >= 4 is 11.5 Å². The molecule has 0 aliphatic carbocycles. The maximum Gasteiger partial charge on any atom is 0.157 e. The van der Waals surface area contributed by atoms with Crippen LogP contribution >= 0.6 is 0 Å². The van der Waals surface area contributed by atoms with Crippen LogP contribution in [-0.4, -0.2) is 32.6 Å². The van der Waals surface area contributed by atoms with Gasteiger partial charge in [0.1, 0.15) is 17.3 Å². The lowest BCUT2D eigenvalue weighted by molar-refractivity contribution is 0.184. The van der Waals surface area contributed by atoms with Crippen LogP contribution in [0, 0.1) is 13.8 Å². The molecule has 1 atom stereocenters. The number of furan rings is 1. The van der Waals surface area contributed by atoms with Gasteiger partial charge in [0.15, 0.2) is 5.65 Å². The fourth-order valence-corrected chi connectivity index (χ4v) is 3.57. The van der Waals surface area contributed by atoms with Crippen molar-refractivity contribution in [1.29, 1.82) is 0 Å². The summed E-state index contributed by atoms with van der Waals surface area (Å²) in [4.78, 5) is 7.24. The summed E-state index contributed by atoms with van der Waals surface area (Å²) in [5, 5.41) is 4.38. The number of fused-ring (bicyclic) bond motifs is 1. The second-order valence-corrected chi connectivity index (χ2v) is 6.75. The van der Waals surface area contributed by atoms with E-state index in [0.29, 0.717) is 11.7 Å². The van der Waals surface area contributed by atoms with E-state index in [1.165, 1.54) is 0 Å². The standard InChI is InChI=1S/C18H23N5O/c1-12-8-18-20-16(9-17(19)23(18)21-12)14-4-3-7-22(10-14)11-15-6-5-13(2)24-15/h5-6,8-9,14H,3-4,7,10-11,19H2,1-2H3/t14-/m0/s1. The molecule has 126 valence electrons. The Morgan fingerprint density at radius 3 is 2.96 bits per heavy atom. The first kappa shape index (κ1) is 15.2. The Morgan fingerprint density at radius 1 is 1.29 bits per heavy atom. The van der Waals surface area contributed by atoms with Crippen molar-refractivity contribution in [2.45, 2.75) is 39.2 Å². The third kappa shape index (κ3) is 2.89. The highest BCUT2D eigenvalue weighted by Crippen LogP contribution is 2.28. The fraction of sp³-hybridized carbons (Fsp3) is 0.444. The number of nitrogens with two attached hydrogens (primary N) is 1. The van der Waals surface area contributed by atoms with E-state index < -0.39 is 0 Å². The summed E-state index contributed by atoms with van der Waals surface area (Å²) >= 11 is 0. The van der Waals surface area contributed by atoms with Crippen LogP contribution < -0.4 is 5.73 Å². The molecule has 0 saturated carbocycles. The molecule has 3 aromatic rings. The molecule has 0 aromatic carbocycles. The SMILES string of the molecule is Cc1cc2nc([C@H]3CCCN(Cc4ccc(C)o4)C3)cc(N)n2n1. The van der Waals surface area contributed by atoms with Crippen molar-refractivity contribution in [3.63, 3.8) is 0 Å². The van der Waals surface area contributed by atoms with E-state index in [9.17, 15) is 0 Å². The maximum atomic E-state index is 6.17. The highest BCUT2D eigenvalue weighted by molar-refractivity contribution is 5.48. The van der Waals surface area contributed by atoms with E-state index in [2.05, 4.69) is 16.1 Å². The van der Waals surface area contributed by atoms with E-state index in [1.807, 2.05) is 32.0 Å². The van der Waals surface area contributed by atoms with E-state index >= 15 is 0 Å². The Hall–Kier alpha value is -2.34. The summed E-state index contributed by atoms with van der Waals surface area (Å²) in [5.41, 5.74) is 9.01. The monoisotopic (exact) mass is 325 g/mol. The van der Waals surface area contributed by atoms with E-state index in [1.54, 1.807) is 4.52 Å². The molecule has 24 heavy (non-hydrogen) atoms. The number of piperidine rings is 1. The third-order valence-corrected chi connectivity index (χ3v) is 4.70. The molecule has 0 radical (unpaired) electrons. The second-order valence-electron chi connectivity index (χ2n) is 6.75. The molecule has 6 heteroatoms. The van der Waals surface area contributed by atoms with Crippen molar-refractivity contribution in [1.82, 2.24) is 19.5 Å². The zero-order chi connectivity index (χ0) is 16.7. The van der Waals surface area contributed by atoms with Gasteiger partial charge < -0.3 is 10.2 Å². The molecule has 4 heterocycles. The number of hydrogen-bond acceptors (Lipinski definition) is 5. The van der Waals surface area contributed by atoms with Crippen LogP contribution in [-0.2, 0) is 6.54 Å². The van der Waals surface area contributed by atoms with Gasteiger partial charge in [0.25, 0.3) is 0 Å². The number of likely N-dealkylation sites (tertiary alicyclic amines) is 1. The second kappa shape index (κ2) is 5.94. The van der Waals surface area contributed by atoms with Crippen molar-refractivity contribution < 1.29 is 4.42 Å². The van der Waals surface area contributed by atoms with E-state index in [0.717, 1.165) is 61.0 Å². The Kier molecular flexibility index (Phi) is 3.76. The van der Waals surface area contributed by atoms with Crippen LogP contribution in [0.2, 0.25) is 0 Å². The zero-order valence-corrected chi connectivity index (χ0v) is 14.2. The molecule has 6 nitrogen and oxygen atoms in total. The molecule has 1 aliphatic heterocycles. The summed E-state index contributed by atoms with van der Waals surface area (Å²) < 4.78 is 7.43. The molecule has 0 bridgehead atoms. The number of aryl methyl sites for hydroxylation is 2. The number of hydrogen-bond donors (Lipinski definition) is 1. The Morgan fingerprint density at radius 2 is 2.17 bits per heavy atom. The number of nitrogen functional groups attached to an aromatic ring is 1. The van der Waals surface area contributed by atoms with Gasteiger partial charge in [-0.15, -0.1) is 0 Å². The number of aromatic nitrogens is 3. The van der Waals surface area contributed by atoms with Crippen molar-refractivity contribution in [3.8, 4) is 0 Å². The van der Waals surface area contributed by atoms with E-state index in [-0.39, 0.29) is 0 Å². The molecule has 1 aliphatic rings. The highest BCUT2D eigenvalue weighted by atomic mass is 16.3. The molecular formula is C18H23N5O. The maximum absolute atomic E-state index is 6.17. The van der Waals surface area contributed by atoms with Gasteiger partial charge in [-0.25, -0.2) is 4.98 Å². The lowest BCUT2D eigenvalue weighted by atomic mass is 9.94. The van der Waals surface area contributed by atoms with Crippen LogP contribution in [0.15, 0.2) is 28.7 Å². The molecule has 1 fully saturated rings. The summed E-state index contributed by atoms with van der Waals surface area (Å²) in [6, 6.07) is 8.04. The average Bonchev–Trinajstić information content (AvgIpc) is 3.13. The topological polar surface area (TPSA) is 72.6 Å². The first-order chi connectivity index (χ1) is 11.6. The third-order valence-electron chi connectivity index (χ3n) is 4.70. The Balaban J connectivity index is 1.55. The van der Waals surface area contributed by atoms with Gasteiger partial charge in [-0.3, -0.25) is 4.90 Å². The zero-order valence-electron chi connectivity index (χ0n) is 14.2. The van der Waals surface area contributed by atoms with Gasteiger partial charge in [0, 0.05) is 24.6 Å². The minimum absolute atomic E-state index is 0.400. The first-order valence-electron chi connectivity index (χ1n) is 8.49. The van der Waals surface area contributed by atoms with Crippen molar-refractivity contribution in [2.75, 3.05) is 18.8 Å². The van der Waals surface area contributed by atoms with Gasteiger partial charge in [-0.1, -0.05) is 0 Å². The minimum Gasteiger partial charge on any atom is -0.465 e. The first-order valence-corrected chi connectivity index (χ1v) is 8.49. The summed E-state index contributed by atoms with van der Waals surface area (Å²) in [5.74, 6) is 3.05. The number of nitrogens with zero attached hydrogens (tertiary/aromatic N) is 4. The summed E-state index contributed by atoms with van der Waals surface area (Å²) in [6.45, 7) is 6.88. The number of rotatable bonds is 3. The summed E-state index contributed by atoms with van der Waals surface area (Å²) in [6.07, 6.45) is 2.30. The predicted molar refractivity (Wildman–Crippen MR) is 92.8 cm³/mol. The van der Waals surface area contributed by atoms with Crippen LogP contribution in [0.1, 0.15) is 41.7 Å². The molecule has 1 saturated heterocycles. The molecule has 2 N–H and O–H groups in total. The normalized spacial score (nSPS) is 19.2. The van der Waals surface area contributed by atoms with Gasteiger partial charge >= 0.3 is 0 Å². The summed E-state index contributed by atoms with van der Waals surface area (Å²) in [7, 11) is 0. The molecule has 4 rings (SSSR count). The molecular weight excluding hydrogens is 302 g/mol. The van der Waals surface area contributed by atoms with Gasteiger partial charge in [0.2, 0.25) is 0 Å². The molecule has 0 spiro atoms. The lowest BCUT2D eigenvalue weighted by Gasteiger charge is -2.31. The average molecular weight is 325 g/mol. The Labute approximate surface area is 141 Å². The van der Waals surface area contributed by atoms with Crippen LogP contribution in [0.5, 0.6) is 0 Å². The van der Waals surface area contributed by atoms with Crippen molar-refractivity contribution in [2.24, 2.45) is 0 Å². The highest BCUT2D eigenvalue weighted by Gasteiger charge is 2.24. The predicted octanol–water partition coefficient (Wildman–Crippen LogP) is 2.90. The van der Waals surface area contributed by atoms with Crippen LogP contribution in [0.4, 0.5) is 5.82 Å². The fourth-order valence-electron chi connectivity index (χ4n) is 3.57. The van der Waals surface area contributed by atoms with Gasteiger partial charge in [0.05, 0.1) is 17.9 Å². The lowest BCUT2D eigenvalue weighted by Crippen LogP contribution is -2.34. The molecule has 0 unspecified atom stereocenters. The largest absolute Gasteiger partial charge is 0.465 e. The quantitative estimate of drug-likeness (QED) is 0.801. The van der Waals surface area contributed by atoms with Gasteiger partial charge in [-0.2, -0.15) is 9.61 Å². The smallest absolute Gasteiger partial charge is 0.157 e. The number of anilines is 1. The molecule has 0 amide bonds. The molecule has 3 aromatic heterocycles. The Bertz CT molecular complexity index is 866. The minimum atomic E-state index is 0.400. The van der Waals surface area contributed by atoms with Crippen molar-refractivity contribution in [3.05, 3.63) is 47.2 Å².